The number of nitrogens with zero attached hydrogens (tertiary/aromatic N) is 3. The molecular weight excluding hydrogens is 228 g/mol. The molecule has 16 heavy (non-hydrogen) atoms. The zero-order valence-electron chi connectivity index (χ0n) is 9.24. The number of aromatic nitrogens is 2. The number of hydrogen-bond acceptors (Lipinski definition) is 4. The third-order valence-corrected chi connectivity index (χ3v) is 3.00. The molecule has 5 nitrogen and oxygen atoms in total. The molecule has 88 valence electrons. The molecule has 0 aromatic carbocycles. The van der Waals surface area contributed by atoms with Gasteiger partial charge in [-0.3, -0.25) is 9.78 Å². The van der Waals surface area contributed by atoms with E-state index in [1.54, 1.807) is 0 Å². The van der Waals surface area contributed by atoms with Crippen molar-refractivity contribution in [2.45, 2.75) is 5.88 Å². The molecule has 0 spiro atoms. The highest BCUT2D eigenvalue weighted by molar-refractivity contribution is 6.16. The molecule has 1 aliphatic rings. The Balaban J connectivity index is 2.20. The van der Waals surface area contributed by atoms with E-state index in [1.807, 2.05) is 0 Å². The van der Waals surface area contributed by atoms with Crippen LogP contribution in [0, 0.1) is 0 Å². The van der Waals surface area contributed by atoms with Gasteiger partial charge in [0.05, 0.1) is 11.6 Å². The van der Waals surface area contributed by atoms with E-state index < -0.39 is 0 Å². The number of alkyl halides is 1. The molecular formula is C10H15ClN4O. The molecule has 0 aliphatic carbocycles. The maximum absolute atomic E-state index is 11.4. The molecule has 6 heteroatoms. The van der Waals surface area contributed by atoms with Gasteiger partial charge in [0.25, 0.3) is 5.56 Å². The maximum Gasteiger partial charge on any atom is 0.252 e. The van der Waals surface area contributed by atoms with Crippen molar-refractivity contribution in [3.63, 3.8) is 0 Å². The van der Waals surface area contributed by atoms with Crippen LogP contribution in [-0.2, 0) is 5.88 Å². The molecule has 0 atom stereocenters. The minimum atomic E-state index is -0.139. The number of H-pyrrole nitrogens is 1. The van der Waals surface area contributed by atoms with Crippen LogP contribution in [0.3, 0.4) is 0 Å². The summed E-state index contributed by atoms with van der Waals surface area (Å²) in [6, 6.07) is 1.44. The number of rotatable bonds is 2. The van der Waals surface area contributed by atoms with Crippen molar-refractivity contribution in [1.29, 1.82) is 0 Å². The van der Waals surface area contributed by atoms with Crippen molar-refractivity contribution in [2.75, 3.05) is 38.1 Å². The summed E-state index contributed by atoms with van der Waals surface area (Å²) in [5, 5.41) is 0. The van der Waals surface area contributed by atoms with E-state index in [9.17, 15) is 4.79 Å². The monoisotopic (exact) mass is 242 g/mol. The highest BCUT2D eigenvalue weighted by Crippen LogP contribution is 2.09. The smallest absolute Gasteiger partial charge is 0.252 e. The van der Waals surface area contributed by atoms with Crippen molar-refractivity contribution in [3.8, 4) is 0 Å². The van der Waals surface area contributed by atoms with Crippen molar-refractivity contribution < 1.29 is 0 Å². The molecule has 1 aromatic rings. The predicted molar refractivity (Wildman–Crippen MR) is 64.1 cm³/mol. The Morgan fingerprint density at radius 2 is 2.12 bits per heavy atom. The van der Waals surface area contributed by atoms with Crippen LogP contribution in [0.5, 0.6) is 0 Å². The second kappa shape index (κ2) is 4.84. The molecule has 0 radical (unpaired) electrons. The molecule has 0 saturated carbocycles. The van der Waals surface area contributed by atoms with Gasteiger partial charge in [0, 0.05) is 32.2 Å². The van der Waals surface area contributed by atoms with Crippen LogP contribution in [0.4, 0.5) is 5.95 Å². The Hall–Kier alpha value is -1.07. The number of aromatic amines is 1. The van der Waals surface area contributed by atoms with Crippen molar-refractivity contribution in [2.24, 2.45) is 0 Å². The fourth-order valence-corrected chi connectivity index (χ4v) is 1.87. The van der Waals surface area contributed by atoms with Gasteiger partial charge in [-0.2, -0.15) is 0 Å². The Morgan fingerprint density at radius 1 is 1.44 bits per heavy atom. The van der Waals surface area contributed by atoms with Gasteiger partial charge in [0.2, 0.25) is 5.95 Å². The van der Waals surface area contributed by atoms with Gasteiger partial charge in [0.1, 0.15) is 0 Å². The molecule has 0 amide bonds. The highest BCUT2D eigenvalue weighted by Gasteiger charge is 2.16. The third kappa shape index (κ3) is 2.54. The second-order valence-electron chi connectivity index (χ2n) is 3.98. The Bertz CT molecular complexity index is 412. The molecule has 2 rings (SSSR count). The molecule has 2 heterocycles. The van der Waals surface area contributed by atoms with Gasteiger partial charge in [-0.1, -0.05) is 0 Å². The molecule has 0 bridgehead atoms. The first-order valence-corrected chi connectivity index (χ1v) is 5.82. The fourth-order valence-electron chi connectivity index (χ4n) is 1.73. The lowest BCUT2D eigenvalue weighted by atomic mass is 10.3. The lowest BCUT2D eigenvalue weighted by molar-refractivity contribution is 0.311. The van der Waals surface area contributed by atoms with Crippen LogP contribution < -0.4 is 10.5 Å². The van der Waals surface area contributed by atoms with Gasteiger partial charge in [-0.15, -0.1) is 11.6 Å². The topological polar surface area (TPSA) is 52.2 Å². The quantitative estimate of drug-likeness (QED) is 0.756. The second-order valence-corrected chi connectivity index (χ2v) is 4.25. The van der Waals surface area contributed by atoms with Crippen LogP contribution in [0.1, 0.15) is 5.69 Å². The van der Waals surface area contributed by atoms with Gasteiger partial charge in [-0.25, -0.2) is 4.98 Å². The van der Waals surface area contributed by atoms with Crippen LogP contribution in [0.25, 0.3) is 0 Å². The van der Waals surface area contributed by atoms with E-state index in [4.69, 9.17) is 11.6 Å². The van der Waals surface area contributed by atoms with Gasteiger partial charge in [0.15, 0.2) is 0 Å². The third-order valence-electron chi connectivity index (χ3n) is 2.72. The molecule has 0 unspecified atom stereocenters. The largest absolute Gasteiger partial charge is 0.340 e. The summed E-state index contributed by atoms with van der Waals surface area (Å²) < 4.78 is 0. The van der Waals surface area contributed by atoms with Gasteiger partial charge >= 0.3 is 0 Å². The minimum Gasteiger partial charge on any atom is -0.340 e. The minimum absolute atomic E-state index is 0.139. The zero-order valence-corrected chi connectivity index (χ0v) is 10.00. The number of halogens is 1. The summed E-state index contributed by atoms with van der Waals surface area (Å²) in [6.07, 6.45) is 0. The summed E-state index contributed by atoms with van der Waals surface area (Å²) >= 11 is 5.69. The highest BCUT2D eigenvalue weighted by atomic mass is 35.5. The fraction of sp³-hybridized carbons (Fsp3) is 0.600. The van der Waals surface area contributed by atoms with Crippen molar-refractivity contribution in [3.05, 3.63) is 22.1 Å². The van der Waals surface area contributed by atoms with Gasteiger partial charge in [-0.05, 0) is 7.05 Å². The first kappa shape index (κ1) is 11.4. The van der Waals surface area contributed by atoms with E-state index in [1.165, 1.54) is 6.07 Å². The molecule has 1 aliphatic heterocycles. The predicted octanol–water partition coefficient (Wildman–Crippen LogP) is 0.260. The van der Waals surface area contributed by atoms with Crippen LogP contribution in [0.15, 0.2) is 10.9 Å². The molecule has 1 saturated heterocycles. The standard InChI is InChI=1S/C10H15ClN4O/c1-14-2-4-15(5-3-14)10-12-8(7-11)6-9(16)13-10/h6H,2-5,7H2,1H3,(H,12,13,16). The average Bonchev–Trinajstić information content (AvgIpc) is 2.29. The Morgan fingerprint density at radius 3 is 2.75 bits per heavy atom. The summed E-state index contributed by atoms with van der Waals surface area (Å²) in [6.45, 7) is 3.72. The first-order chi connectivity index (χ1) is 7.69. The van der Waals surface area contributed by atoms with Crippen LogP contribution in [0.2, 0.25) is 0 Å². The lowest BCUT2D eigenvalue weighted by Gasteiger charge is -2.32. The SMILES string of the molecule is CN1CCN(c2nc(CCl)cc(=O)[nH]2)CC1. The first-order valence-electron chi connectivity index (χ1n) is 5.29. The summed E-state index contributed by atoms with van der Waals surface area (Å²) in [7, 11) is 2.09. The maximum atomic E-state index is 11.4. The van der Waals surface area contributed by atoms with Crippen molar-refractivity contribution >= 4 is 17.5 Å². The van der Waals surface area contributed by atoms with E-state index in [-0.39, 0.29) is 11.4 Å². The normalized spacial score (nSPS) is 17.8. The zero-order chi connectivity index (χ0) is 11.5. The number of anilines is 1. The number of likely N-dealkylation sites (N-methyl/N-ethyl adjacent to an activating group) is 1. The number of nitrogens with one attached hydrogen (secondary N) is 1. The van der Waals surface area contributed by atoms with E-state index >= 15 is 0 Å². The van der Waals surface area contributed by atoms with Crippen LogP contribution in [-0.4, -0.2) is 48.1 Å². The molecule has 1 N–H and O–H groups in total. The Kier molecular flexibility index (Phi) is 3.46. The summed E-state index contributed by atoms with van der Waals surface area (Å²) in [5.41, 5.74) is 0.485. The van der Waals surface area contributed by atoms with E-state index in [0.717, 1.165) is 26.2 Å². The van der Waals surface area contributed by atoms with Gasteiger partial charge < -0.3 is 9.80 Å². The average molecular weight is 243 g/mol. The summed E-state index contributed by atoms with van der Waals surface area (Å²) in [5.74, 6) is 0.904. The molecule has 1 fully saturated rings. The lowest BCUT2D eigenvalue weighted by Crippen LogP contribution is -2.45. The number of piperazine rings is 1. The molecule has 1 aromatic heterocycles. The Labute approximate surface area is 99.0 Å². The van der Waals surface area contributed by atoms with Crippen molar-refractivity contribution in [1.82, 2.24) is 14.9 Å². The van der Waals surface area contributed by atoms with E-state index in [2.05, 4.69) is 26.8 Å². The summed E-state index contributed by atoms with van der Waals surface area (Å²) in [4.78, 5) is 22.8. The van der Waals surface area contributed by atoms with Crippen LogP contribution >= 0.6 is 11.6 Å². The number of hydrogen-bond donors (Lipinski definition) is 1. The van der Waals surface area contributed by atoms with E-state index in [0.29, 0.717) is 11.6 Å².